The molecule has 0 aromatic rings. The summed E-state index contributed by atoms with van der Waals surface area (Å²) in [6.45, 7) is 3.88. The Kier molecular flexibility index (Phi) is 5.54. The molecule has 1 aliphatic carbocycles. The van der Waals surface area contributed by atoms with Crippen molar-refractivity contribution in [2.24, 2.45) is 0 Å². The number of nitrogens with zero attached hydrogens (tertiary/aromatic N) is 1. The molecule has 3 aliphatic rings. The zero-order chi connectivity index (χ0) is 14.5. The average molecular weight is 297 g/mol. The molecule has 0 amide bonds. The van der Waals surface area contributed by atoms with Crippen LogP contribution in [0.1, 0.15) is 57.8 Å². The summed E-state index contributed by atoms with van der Waals surface area (Å²) in [6, 6.07) is 0.718. The Labute approximate surface area is 128 Å². The molecule has 0 aromatic carbocycles. The van der Waals surface area contributed by atoms with Crippen LogP contribution >= 0.6 is 0 Å². The van der Waals surface area contributed by atoms with Crippen molar-refractivity contribution >= 4 is 0 Å². The van der Waals surface area contributed by atoms with E-state index < -0.39 is 0 Å². The largest absolute Gasteiger partial charge is 0.394 e. The van der Waals surface area contributed by atoms with Crippen LogP contribution in [0.4, 0.5) is 0 Å². The van der Waals surface area contributed by atoms with Crippen molar-refractivity contribution < 1.29 is 14.6 Å². The minimum atomic E-state index is 0.142. The van der Waals surface area contributed by atoms with Crippen LogP contribution < -0.4 is 0 Å². The van der Waals surface area contributed by atoms with Crippen molar-refractivity contribution in [3.05, 3.63) is 0 Å². The van der Waals surface area contributed by atoms with Gasteiger partial charge in [-0.25, -0.2) is 0 Å². The molecule has 3 rings (SSSR count). The molecule has 2 aliphatic heterocycles. The molecule has 1 unspecified atom stereocenters. The molecule has 4 nitrogen and oxygen atoms in total. The van der Waals surface area contributed by atoms with Gasteiger partial charge in [-0.05, 0) is 38.5 Å². The summed E-state index contributed by atoms with van der Waals surface area (Å²) in [5, 5.41) is 8.84. The first-order valence-electron chi connectivity index (χ1n) is 8.92. The van der Waals surface area contributed by atoms with E-state index in [4.69, 9.17) is 14.6 Å². The number of likely N-dealkylation sites (tertiary alicyclic amines) is 1. The number of aliphatic hydroxyl groups excluding tert-OH is 1. The molecule has 21 heavy (non-hydrogen) atoms. The first-order chi connectivity index (χ1) is 10.3. The predicted octanol–water partition coefficient (Wildman–Crippen LogP) is 2.34. The Morgan fingerprint density at radius 3 is 2.57 bits per heavy atom. The molecule has 1 spiro atoms. The van der Waals surface area contributed by atoms with Gasteiger partial charge in [-0.2, -0.15) is 0 Å². The van der Waals surface area contributed by atoms with Gasteiger partial charge in [0.2, 0.25) is 0 Å². The summed E-state index contributed by atoms with van der Waals surface area (Å²) < 4.78 is 11.9. The lowest BCUT2D eigenvalue weighted by atomic mass is 9.77. The first kappa shape index (κ1) is 15.7. The van der Waals surface area contributed by atoms with Gasteiger partial charge in [-0.15, -0.1) is 0 Å². The van der Waals surface area contributed by atoms with Crippen molar-refractivity contribution in [2.45, 2.75) is 75.5 Å². The number of ether oxygens (including phenoxy) is 2. The summed E-state index contributed by atoms with van der Waals surface area (Å²) in [6.07, 6.45) is 11.7. The fourth-order valence-electron chi connectivity index (χ4n) is 4.49. The van der Waals surface area contributed by atoms with E-state index in [0.29, 0.717) is 12.7 Å². The summed E-state index contributed by atoms with van der Waals surface area (Å²) in [5.74, 6) is 0. The maximum Gasteiger partial charge on any atom is 0.0701 e. The summed E-state index contributed by atoms with van der Waals surface area (Å²) in [4.78, 5) is 2.68. The van der Waals surface area contributed by atoms with E-state index in [1.165, 1.54) is 44.9 Å². The summed E-state index contributed by atoms with van der Waals surface area (Å²) in [7, 11) is 0. The second-order valence-corrected chi connectivity index (χ2v) is 7.07. The number of aliphatic hydroxyl groups is 1. The monoisotopic (exact) mass is 297 g/mol. The molecule has 2 heterocycles. The summed E-state index contributed by atoms with van der Waals surface area (Å²) >= 11 is 0. The first-order valence-corrected chi connectivity index (χ1v) is 8.92. The minimum absolute atomic E-state index is 0.142. The standard InChI is InChI=1S/C17H31NO3/c19-11-13-20-16-4-9-18(10-5-16)15-6-12-21-17(14-15)7-2-1-3-8-17/h15-16,19H,1-14H2. The molecule has 122 valence electrons. The highest BCUT2D eigenvalue weighted by Gasteiger charge is 2.40. The smallest absolute Gasteiger partial charge is 0.0701 e. The van der Waals surface area contributed by atoms with E-state index in [1.54, 1.807) is 0 Å². The Morgan fingerprint density at radius 2 is 1.86 bits per heavy atom. The van der Waals surface area contributed by atoms with Crippen LogP contribution in [0.2, 0.25) is 0 Å². The normalized spacial score (nSPS) is 31.6. The van der Waals surface area contributed by atoms with Gasteiger partial charge in [-0.1, -0.05) is 19.3 Å². The van der Waals surface area contributed by atoms with E-state index in [1.807, 2.05) is 0 Å². The van der Waals surface area contributed by atoms with E-state index in [2.05, 4.69) is 4.90 Å². The molecule has 1 atom stereocenters. The number of rotatable bonds is 4. The lowest BCUT2D eigenvalue weighted by molar-refractivity contribution is -0.129. The van der Waals surface area contributed by atoms with Crippen LogP contribution in [0.5, 0.6) is 0 Å². The molecule has 0 radical (unpaired) electrons. The molecule has 1 N–H and O–H groups in total. The minimum Gasteiger partial charge on any atom is -0.394 e. The Bertz CT molecular complexity index is 304. The highest BCUT2D eigenvalue weighted by molar-refractivity contribution is 4.93. The van der Waals surface area contributed by atoms with Gasteiger partial charge >= 0.3 is 0 Å². The average Bonchev–Trinajstić information content (AvgIpc) is 2.54. The molecular weight excluding hydrogens is 266 g/mol. The maximum absolute atomic E-state index is 8.84. The van der Waals surface area contributed by atoms with Gasteiger partial charge in [-0.3, -0.25) is 4.90 Å². The Balaban J connectivity index is 1.48. The van der Waals surface area contributed by atoms with Gasteiger partial charge in [0.1, 0.15) is 0 Å². The van der Waals surface area contributed by atoms with E-state index in [0.717, 1.165) is 38.6 Å². The predicted molar refractivity (Wildman–Crippen MR) is 82.4 cm³/mol. The Hall–Kier alpha value is -0.160. The topological polar surface area (TPSA) is 41.9 Å². The quantitative estimate of drug-likeness (QED) is 0.865. The molecule has 0 bridgehead atoms. The second-order valence-electron chi connectivity index (χ2n) is 7.07. The third-order valence-electron chi connectivity index (χ3n) is 5.67. The number of hydrogen-bond acceptors (Lipinski definition) is 4. The number of piperidine rings is 1. The molecule has 0 aromatic heterocycles. The van der Waals surface area contributed by atoms with Crippen LogP contribution in [0.25, 0.3) is 0 Å². The fourth-order valence-corrected chi connectivity index (χ4v) is 4.49. The maximum atomic E-state index is 8.84. The van der Waals surface area contributed by atoms with Crippen LogP contribution in [0, 0.1) is 0 Å². The second kappa shape index (κ2) is 7.40. The SMILES string of the molecule is OCCOC1CCN(C2CCOC3(CCCCC3)C2)CC1. The van der Waals surface area contributed by atoms with Crippen molar-refractivity contribution in [3.8, 4) is 0 Å². The van der Waals surface area contributed by atoms with E-state index in [-0.39, 0.29) is 12.2 Å². The highest BCUT2D eigenvalue weighted by atomic mass is 16.5. The van der Waals surface area contributed by atoms with Crippen molar-refractivity contribution in [1.29, 1.82) is 0 Å². The Morgan fingerprint density at radius 1 is 1.10 bits per heavy atom. The van der Waals surface area contributed by atoms with Gasteiger partial charge < -0.3 is 14.6 Å². The fraction of sp³-hybridized carbons (Fsp3) is 1.00. The molecular formula is C17H31NO3. The lowest BCUT2D eigenvalue weighted by Gasteiger charge is -2.48. The van der Waals surface area contributed by atoms with Crippen LogP contribution in [-0.4, -0.2) is 60.7 Å². The van der Waals surface area contributed by atoms with Crippen molar-refractivity contribution in [3.63, 3.8) is 0 Å². The van der Waals surface area contributed by atoms with Gasteiger partial charge in [0.25, 0.3) is 0 Å². The van der Waals surface area contributed by atoms with Crippen molar-refractivity contribution in [2.75, 3.05) is 32.9 Å². The highest BCUT2D eigenvalue weighted by Crippen LogP contribution is 2.40. The third kappa shape index (κ3) is 3.98. The molecule has 3 fully saturated rings. The van der Waals surface area contributed by atoms with Gasteiger partial charge in [0, 0.05) is 25.7 Å². The van der Waals surface area contributed by atoms with Gasteiger partial charge in [0.15, 0.2) is 0 Å². The zero-order valence-electron chi connectivity index (χ0n) is 13.3. The number of hydrogen-bond donors (Lipinski definition) is 1. The van der Waals surface area contributed by atoms with E-state index in [9.17, 15) is 0 Å². The van der Waals surface area contributed by atoms with Crippen LogP contribution in [0.15, 0.2) is 0 Å². The summed E-state index contributed by atoms with van der Waals surface area (Å²) in [5.41, 5.74) is 0.214. The molecule has 1 saturated carbocycles. The zero-order valence-corrected chi connectivity index (χ0v) is 13.3. The van der Waals surface area contributed by atoms with E-state index >= 15 is 0 Å². The van der Waals surface area contributed by atoms with Crippen LogP contribution in [-0.2, 0) is 9.47 Å². The lowest BCUT2D eigenvalue weighted by Crippen LogP contribution is -2.52. The van der Waals surface area contributed by atoms with Crippen LogP contribution in [0.3, 0.4) is 0 Å². The third-order valence-corrected chi connectivity index (χ3v) is 5.67. The van der Waals surface area contributed by atoms with Gasteiger partial charge in [0.05, 0.1) is 24.9 Å². The van der Waals surface area contributed by atoms with Crippen molar-refractivity contribution in [1.82, 2.24) is 4.90 Å². The molecule has 2 saturated heterocycles. The molecule has 4 heteroatoms.